The van der Waals surface area contributed by atoms with Crippen molar-refractivity contribution in [2.45, 2.75) is 57.0 Å². The van der Waals surface area contributed by atoms with Gasteiger partial charge in [-0.25, -0.2) is 12.8 Å². The number of aromatic nitrogens is 3. The van der Waals surface area contributed by atoms with E-state index in [1.807, 2.05) is 6.92 Å². The second kappa shape index (κ2) is 8.31. The van der Waals surface area contributed by atoms with Crippen LogP contribution in [-0.2, 0) is 16.6 Å². The lowest BCUT2D eigenvalue weighted by Gasteiger charge is -2.27. The highest BCUT2D eigenvalue weighted by Crippen LogP contribution is 2.36. The van der Waals surface area contributed by atoms with Crippen LogP contribution in [0.1, 0.15) is 50.0 Å². The molecule has 0 aliphatic carbocycles. The maximum absolute atomic E-state index is 13.6. The molecule has 9 heteroatoms. The van der Waals surface area contributed by atoms with E-state index in [1.54, 1.807) is 29.8 Å². The Balaban J connectivity index is 1.70. The lowest BCUT2D eigenvalue weighted by molar-refractivity contribution is 0.308. The zero-order valence-electron chi connectivity index (χ0n) is 17.1. The first-order chi connectivity index (χ1) is 14.4. The van der Waals surface area contributed by atoms with Gasteiger partial charge in [0, 0.05) is 24.7 Å². The van der Waals surface area contributed by atoms with E-state index in [1.165, 1.54) is 22.6 Å². The van der Waals surface area contributed by atoms with E-state index in [2.05, 4.69) is 10.3 Å². The third-order valence-corrected chi connectivity index (χ3v) is 7.66. The van der Waals surface area contributed by atoms with Crippen LogP contribution in [0.4, 0.5) is 4.39 Å². The molecule has 2 aromatic heterocycles. The van der Waals surface area contributed by atoms with Crippen LogP contribution in [0.25, 0.3) is 11.3 Å². The van der Waals surface area contributed by atoms with E-state index in [4.69, 9.17) is 4.52 Å². The van der Waals surface area contributed by atoms with Crippen LogP contribution in [-0.4, -0.2) is 34.2 Å². The summed E-state index contributed by atoms with van der Waals surface area (Å²) in [5.74, 6) is 0.157. The van der Waals surface area contributed by atoms with E-state index in [0.29, 0.717) is 42.2 Å². The molecule has 3 aromatic rings. The molecule has 1 aromatic carbocycles. The highest BCUT2D eigenvalue weighted by molar-refractivity contribution is 7.89. The van der Waals surface area contributed by atoms with Gasteiger partial charge in [-0.1, -0.05) is 18.0 Å². The van der Waals surface area contributed by atoms with Gasteiger partial charge in [-0.2, -0.15) is 9.40 Å². The van der Waals surface area contributed by atoms with Crippen molar-refractivity contribution in [3.63, 3.8) is 0 Å². The van der Waals surface area contributed by atoms with Crippen LogP contribution < -0.4 is 0 Å². The van der Waals surface area contributed by atoms with Crippen molar-refractivity contribution in [2.75, 3.05) is 6.54 Å². The van der Waals surface area contributed by atoms with Crippen LogP contribution >= 0.6 is 0 Å². The fraction of sp³-hybridized carbons (Fsp3) is 0.429. The zero-order valence-corrected chi connectivity index (χ0v) is 17.9. The van der Waals surface area contributed by atoms with Gasteiger partial charge in [0.15, 0.2) is 5.76 Å². The minimum atomic E-state index is -3.74. The largest absolute Gasteiger partial charge is 0.356 e. The summed E-state index contributed by atoms with van der Waals surface area (Å²) in [5.41, 5.74) is 1.89. The van der Waals surface area contributed by atoms with Gasteiger partial charge in [0.1, 0.15) is 16.4 Å². The predicted octanol–water partition coefficient (Wildman–Crippen LogP) is 4.31. The molecule has 0 saturated carbocycles. The van der Waals surface area contributed by atoms with Gasteiger partial charge in [0.25, 0.3) is 0 Å². The minimum Gasteiger partial charge on any atom is -0.356 e. The number of hydrogen-bond donors (Lipinski definition) is 0. The quantitative estimate of drug-likeness (QED) is 0.600. The Hall–Kier alpha value is -2.52. The van der Waals surface area contributed by atoms with E-state index in [-0.39, 0.29) is 10.7 Å². The molecule has 3 heterocycles. The van der Waals surface area contributed by atoms with Crippen molar-refractivity contribution in [3.05, 3.63) is 53.7 Å². The fourth-order valence-electron chi connectivity index (χ4n) is 3.99. The first-order valence-corrected chi connectivity index (χ1v) is 11.6. The number of rotatable bonds is 5. The van der Waals surface area contributed by atoms with Crippen LogP contribution in [0.2, 0.25) is 0 Å². The van der Waals surface area contributed by atoms with Gasteiger partial charge in [0.05, 0.1) is 17.9 Å². The summed E-state index contributed by atoms with van der Waals surface area (Å²) >= 11 is 0. The molecule has 1 atom stereocenters. The predicted molar refractivity (Wildman–Crippen MR) is 110 cm³/mol. The van der Waals surface area contributed by atoms with Crippen LogP contribution in [0.3, 0.4) is 0 Å². The van der Waals surface area contributed by atoms with Crippen molar-refractivity contribution in [3.8, 4) is 11.3 Å². The van der Waals surface area contributed by atoms with Crippen molar-refractivity contribution in [1.82, 2.24) is 19.2 Å². The number of sulfonamides is 1. The molecule has 0 amide bonds. The van der Waals surface area contributed by atoms with Crippen molar-refractivity contribution < 1.29 is 17.3 Å². The summed E-state index contributed by atoms with van der Waals surface area (Å²) in [4.78, 5) is 0.235. The highest BCUT2D eigenvalue weighted by atomic mass is 32.2. The molecule has 1 aliphatic heterocycles. The molecular weight excluding hydrogens is 407 g/mol. The Morgan fingerprint density at radius 3 is 2.67 bits per heavy atom. The fourth-order valence-corrected chi connectivity index (χ4v) is 5.82. The maximum atomic E-state index is 13.6. The Bertz CT molecular complexity index is 1120. The molecule has 30 heavy (non-hydrogen) atoms. The standard InChI is InChI=1S/C21H25FN4O3S/c1-3-25-15(2)21(14-23-25)30(27,28)26-12-6-4-5-7-19(26)18-13-20(29-24-18)16-8-10-17(22)11-9-16/h8-11,13-14,19H,3-7,12H2,1-2H3/t19-/m1/s1. The lowest BCUT2D eigenvalue weighted by Crippen LogP contribution is -2.35. The summed E-state index contributed by atoms with van der Waals surface area (Å²) in [6, 6.07) is 7.28. The van der Waals surface area contributed by atoms with Gasteiger partial charge in [-0.15, -0.1) is 0 Å². The summed E-state index contributed by atoms with van der Waals surface area (Å²) < 4.78 is 49.0. The van der Waals surface area contributed by atoms with E-state index in [0.717, 1.165) is 19.3 Å². The minimum absolute atomic E-state index is 0.235. The molecule has 160 valence electrons. The second-order valence-corrected chi connectivity index (χ2v) is 9.37. The molecule has 1 saturated heterocycles. The Morgan fingerprint density at radius 1 is 1.20 bits per heavy atom. The van der Waals surface area contributed by atoms with Crippen LogP contribution in [0.5, 0.6) is 0 Å². The van der Waals surface area contributed by atoms with Crippen molar-refractivity contribution in [1.29, 1.82) is 0 Å². The SMILES string of the molecule is CCn1ncc(S(=O)(=O)N2CCCCC[C@@H]2c2cc(-c3ccc(F)cc3)on2)c1C. The average Bonchev–Trinajstić information content (AvgIpc) is 3.28. The van der Waals surface area contributed by atoms with Gasteiger partial charge in [-0.05, 0) is 51.0 Å². The topological polar surface area (TPSA) is 81.2 Å². The Kier molecular flexibility index (Phi) is 5.75. The van der Waals surface area contributed by atoms with Crippen LogP contribution in [0.15, 0.2) is 45.9 Å². The molecule has 1 fully saturated rings. The maximum Gasteiger partial charge on any atom is 0.247 e. The third-order valence-electron chi connectivity index (χ3n) is 5.65. The lowest BCUT2D eigenvalue weighted by atomic mass is 10.1. The molecule has 1 aliphatic rings. The van der Waals surface area contributed by atoms with Gasteiger partial charge in [-0.3, -0.25) is 4.68 Å². The molecule has 0 bridgehead atoms. The molecule has 4 rings (SSSR count). The third kappa shape index (κ3) is 3.79. The van der Waals surface area contributed by atoms with Gasteiger partial charge < -0.3 is 4.52 Å². The Labute approximate surface area is 175 Å². The Morgan fingerprint density at radius 2 is 1.97 bits per heavy atom. The molecular formula is C21H25FN4O3S. The average molecular weight is 433 g/mol. The van der Waals surface area contributed by atoms with Gasteiger partial charge in [0.2, 0.25) is 10.0 Å². The molecule has 7 nitrogen and oxygen atoms in total. The van der Waals surface area contributed by atoms with E-state index < -0.39 is 16.1 Å². The number of benzene rings is 1. The van der Waals surface area contributed by atoms with Gasteiger partial charge >= 0.3 is 0 Å². The summed E-state index contributed by atoms with van der Waals surface area (Å²) in [6.07, 6.45) is 4.75. The number of halogens is 1. The van der Waals surface area contributed by atoms with Crippen LogP contribution in [0, 0.1) is 12.7 Å². The summed E-state index contributed by atoms with van der Waals surface area (Å²) in [5, 5.41) is 8.40. The number of hydrogen-bond acceptors (Lipinski definition) is 5. The zero-order chi connectivity index (χ0) is 21.3. The molecule has 0 radical (unpaired) electrons. The normalized spacial score (nSPS) is 18.4. The monoisotopic (exact) mass is 432 g/mol. The first-order valence-electron chi connectivity index (χ1n) is 10.2. The summed E-state index contributed by atoms with van der Waals surface area (Å²) in [6.45, 7) is 4.73. The van der Waals surface area contributed by atoms with E-state index in [9.17, 15) is 12.8 Å². The first kappa shape index (κ1) is 20.7. The summed E-state index contributed by atoms with van der Waals surface area (Å²) in [7, 11) is -3.74. The number of aryl methyl sites for hydroxylation is 1. The van der Waals surface area contributed by atoms with E-state index >= 15 is 0 Å². The molecule has 0 unspecified atom stereocenters. The van der Waals surface area contributed by atoms with Crippen molar-refractivity contribution in [2.24, 2.45) is 0 Å². The van der Waals surface area contributed by atoms with Crippen molar-refractivity contribution >= 4 is 10.0 Å². The number of nitrogens with zero attached hydrogens (tertiary/aromatic N) is 4. The second-order valence-electron chi connectivity index (χ2n) is 7.51. The molecule has 0 N–H and O–H groups in total. The highest BCUT2D eigenvalue weighted by Gasteiger charge is 2.37. The smallest absolute Gasteiger partial charge is 0.247 e. The molecule has 0 spiro atoms.